The van der Waals surface area contributed by atoms with Gasteiger partial charge in [-0.3, -0.25) is 9.78 Å². The molecule has 0 saturated heterocycles. The normalized spacial score (nSPS) is 10.4. The van der Waals surface area contributed by atoms with E-state index >= 15 is 0 Å². The Balaban J connectivity index is 2.28. The van der Waals surface area contributed by atoms with Gasteiger partial charge in [0, 0.05) is 24.4 Å². The van der Waals surface area contributed by atoms with Crippen molar-refractivity contribution in [1.29, 1.82) is 0 Å². The predicted molar refractivity (Wildman–Crippen MR) is 72.9 cm³/mol. The molecule has 2 rings (SSSR count). The lowest BCUT2D eigenvalue weighted by molar-refractivity contribution is 0.0992. The second-order valence-corrected chi connectivity index (χ2v) is 4.72. The summed E-state index contributed by atoms with van der Waals surface area (Å²) in [4.78, 5) is 16.1. The summed E-state index contributed by atoms with van der Waals surface area (Å²) in [5, 5.41) is 0. The van der Waals surface area contributed by atoms with Gasteiger partial charge < -0.3 is 0 Å². The highest BCUT2D eigenvalue weighted by Gasteiger charge is 2.11. The molecule has 1 aromatic heterocycles. The topological polar surface area (TPSA) is 30.0 Å². The van der Waals surface area contributed by atoms with Crippen LogP contribution >= 0.6 is 0 Å². The smallest absolute Gasteiger partial charge is 0.168 e. The first-order chi connectivity index (χ1) is 8.58. The van der Waals surface area contributed by atoms with Crippen molar-refractivity contribution in [2.24, 2.45) is 0 Å². The van der Waals surface area contributed by atoms with E-state index in [1.165, 1.54) is 16.7 Å². The molecule has 1 aromatic carbocycles. The zero-order valence-corrected chi connectivity index (χ0v) is 11.0. The predicted octanol–water partition coefficient (Wildman–Crippen LogP) is 3.43. The van der Waals surface area contributed by atoms with Gasteiger partial charge in [0.25, 0.3) is 0 Å². The van der Waals surface area contributed by atoms with Gasteiger partial charge in [0.05, 0.1) is 0 Å². The maximum absolute atomic E-state index is 12.2. The van der Waals surface area contributed by atoms with Crippen molar-refractivity contribution >= 4 is 5.78 Å². The summed E-state index contributed by atoms with van der Waals surface area (Å²) in [7, 11) is 0. The second kappa shape index (κ2) is 5.13. The largest absolute Gasteiger partial charge is 0.294 e. The van der Waals surface area contributed by atoms with Crippen LogP contribution in [0.25, 0.3) is 0 Å². The number of Topliss-reactive ketones (excluding diaryl/α,β-unsaturated/α-hetero) is 1. The molecule has 18 heavy (non-hydrogen) atoms. The Hall–Kier alpha value is -1.96. The molecule has 0 atom stereocenters. The molecular formula is C16H17NO. The SMILES string of the molecule is Cc1cc(C)c(CC(=O)c2cccnc2)c(C)c1. The third kappa shape index (κ3) is 2.65. The van der Waals surface area contributed by atoms with Gasteiger partial charge in [-0.05, 0) is 49.6 Å². The molecular weight excluding hydrogens is 222 g/mol. The molecule has 1 heterocycles. The number of hydrogen-bond donors (Lipinski definition) is 0. The minimum absolute atomic E-state index is 0.123. The molecule has 0 fully saturated rings. The summed E-state index contributed by atoms with van der Waals surface area (Å²) in [6, 6.07) is 7.86. The molecule has 2 aromatic rings. The van der Waals surface area contributed by atoms with Crippen LogP contribution in [0.4, 0.5) is 0 Å². The Morgan fingerprint density at radius 3 is 2.39 bits per heavy atom. The fourth-order valence-corrected chi connectivity index (χ4v) is 2.28. The van der Waals surface area contributed by atoms with E-state index in [0.717, 1.165) is 5.56 Å². The number of aryl methyl sites for hydroxylation is 3. The van der Waals surface area contributed by atoms with E-state index in [4.69, 9.17) is 0 Å². The van der Waals surface area contributed by atoms with Gasteiger partial charge in [-0.25, -0.2) is 0 Å². The highest BCUT2D eigenvalue weighted by atomic mass is 16.1. The van der Waals surface area contributed by atoms with Crippen molar-refractivity contribution in [2.45, 2.75) is 27.2 Å². The molecule has 0 radical (unpaired) electrons. The molecule has 0 unspecified atom stereocenters. The molecule has 0 aliphatic rings. The Morgan fingerprint density at radius 2 is 1.83 bits per heavy atom. The fourth-order valence-electron chi connectivity index (χ4n) is 2.28. The lowest BCUT2D eigenvalue weighted by Crippen LogP contribution is -2.07. The molecule has 0 spiro atoms. The van der Waals surface area contributed by atoms with Crippen LogP contribution in [0.5, 0.6) is 0 Å². The molecule has 2 heteroatoms. The molecule has 0 amide bonds. The summed E-state index contributed by atoms with van der Waals surface area (Å²) in [5.41, 5.74) is 5.42. The molecule has 0 aliphatic heterocycles. The van der Waals surface area contributed by atoms with E-state index in [1.807, 2.05) is 6.07 Å². The minimum Gasteiger partial charge on any atom is -0.294 e. The molecule has 0 saturated carbocycles. The quantitative estimate of drug-likeness (QED) is 0.768. The maximum atomic E-state index is 12.2. The molecule has 0 N–H and O–H groups in total. The van der Waals surface area contributed by atoms with E-state index in [0.29, 0.717) is 12.0 Å². The summed E-state index contributed by atoms with van der Waals surface area (Å²) in [5.74, 6) is 0.123. The first kappa shape index (κ1) is 12.5. The maximum Gasteiger partial charge on any atom is 0.168 e. The van der Waals surface area contributed by atoms with E-state index in [1.54, 1.807) is 18.5 Å². The number of carbonyl (C=O) groups excluding carboxylic acids is 1. The van der Waals surface area contributed by atoms with Crippen molar-refractivity contribution in [2.75, 3.05) is 0 Å². The summed E-state index contributed by atoms with van der Waals surface area (Å²) in [6.45, 7) is 6.20. The monoisotopic (exact) mass is 239 g/mol. The van der Waals surface area contributed by atoms with Crippen LogP contribution in [0.1, 0.15) is 32.6 Å². The lowest BCUT2D eigenvalue weighted by atomic mass is 9.94. The summed E-state index contributed by atoms with van der Waals surface area (Å²) in [6.07, 6.45) is 3.75. The van der Waals surface area contributed by atoms with Crippen LogP contribution in [0, 0.1) is 20.8 Å². The number of carbonyl (C=O) groups is 1. The highest BCUT2D eigenvalue weighted by Crippen LogP contribution is 2.18. The Kier molecular flexibility index (Phi) is 3.56. The number of benzene rings is 1. The van der Waals surface area contributed by atoms with Crippen molar-refractivity contribution in [1.82, 2.24) is 4.98 Å². The van der Waals surface area contributed by atoms with Crippen molar-refractivity contribution in [3.63, 3.8) is 0 Å². The Bertz CT molecular complexity index is 550. The zero-order chi connectivity index (χ0) is 13.1. The van der Waals surface area contributed by atoms with Gasteiger partial charge in [0.1, 0.15) is 0 Å². The average Bonchev–Trinajstić information content (AvgIpc) is 2.34. The van der Waals surface area contributed by atoms with Crippen molar-refractivity contribution < 1.29 is 4.79 Å². The van der Waals surface area contributed by atoms with Crippen LogP contribution in [-0.2, 0) is 6.42 Å². The van der Waals surface area contributed by atoms with Crippen LogP contribution in [0.2, 0.25) is 0 Å². The van der Waals surface area contributed by atoms with Crippen LogP contribution in [-0.4, -0.2) is 10.8 Å². The Morgan fingerprint density at radius 1 is 1.17 bits per heavy atom. The number of hydrogen-bond acceptors (Lipinski definition) is 2. The van der Waals surface area contributed by atoms with Crippen molar-refractivity contribution in [3.05, 3.63) is 64.5 Å². The molecule has 0 bridgehead atoms. The number of pyridine rings is 1. The van der Waals surface area contributed by atoms with Gasteiger partial charge >= 0.3 is 0 Å². The summed E-state index contributed by atoms with van der Waals surface area (Å²) < 4.78 is 0. The van der Waals surface area contributed by atoms with Gasteiger partial charge in [0.15, 0.2) is 5.78 Å². The van der Waals surface area contributed by atoms with E-state index in [9.17, 15) is 4.79 Å². The second-order valence-electron chi connectivity index (χ2n) is 4.72. The van der Waals surface area contributed by atoms with Crippen LogP contribution in [0.3, 0.4) is 0 Å². The van der Waals surface area contributed by atoms with Gasteiger partial charge in [-0.2, -0.15) is 0 Å². The van der Waals surface area contributed by atoms with Gasteiger partial charge in [-0.15, -0.1) is 0 Å². The van der Waals surface area contributed by atoms with Crippen LogP contribution < -0.4 is 0 Å². The third-order valence-corrected chi connectivity index (χ3v) is 3.16. The molecule has 92 valence electrons. The standard InChI is InChI=1S/C16H17NO/c1-11-7-12(2)15(13(3)8-11)9-16(18)14-5-4-6-17-10-14/h4-8,10H,9H2,1-3H3. The number of nitrogens with zero attached hydrogens (tertiary/aromatic N) is 1. The van der Waals surface area contributed by atoms with Gasteiger partial charge in [0.2, 0.25) is 0 Å². The fraction of sp³-hybridized carbons (Fsp3) is 0.250. The average molecular weight is 239 g/mol. The first-order valence-electron chi connectivity index (χ1n) is 6.08. The van der Waals surface area contributed by atoms with Crippen LogP contribution in [0.15, 0.2) is 36.7 Å². The lowest BCUT2D eigenvalue weighted by Gasteiger charge is -2.10. The van der Waals surface area contributed by atoms with E-state index in [-0.39, 0.29) is 5.78 Å². The van der Waals surface area contributed by atoms with Gasteiger partial charge in [-0.1, -0.05) is 17.7 Å². The van der Waals surface area contributed by atoms with Crippen molar-refractivity contribution in [3.8, 4) is 0 Å². The van der Waals surface area contributed by atoms with E-state index in [2.05, 4.69) is 37.9 Å². The molecule has 0 aliphatic carbocycles. The Labute approximate surface area is 108 Å². The highest BCUT2D eigenvalue weighted by molar-refractivity contribution is 5.97. The number of rotatable bonds is 3. The summed E-state index contributed by atoms with van der Waals surface area (Å²) >= 11 is 0. The van der Waals surface area contributed by atoms with E-state index < -0.39 is 0 Å². The third-order valence-electron chi connectivity index (χ3n) is 3.16. The number of ketones is 1. The zero-order valence-electron chi connectivity index (χ0n) is 11.0. The number of aromatic nitrogens is 1. The first-order valence-corrected chi connectivity index (χ1v) is 6.08. The minimum atomic E-state index is 0.123. The molecule has 2 nitrogen and oxygen atoms in total.